The Labute approximate surface area is 154 Å². The van der Waals surface area contributed by atoms with Crippen LogP contribution in [0, 0.1) is 13.8 Å². The molecule has 0 aliphatic heterocycles. The molecule has 2 aromatic carbocycles. The summed E-state index contributed by atoms with van der Waals surface area (Å²) in [6, 6.07) is 14.6. The van der Waals surface area contributed by atoms with Gasteiger partial charge in [0.05, 0.1) is 18.5 Å². The highest BCUT2D eigenvalue weighted by Crippen LogP contribution is 2.24. The third kappa shape index (κ3) is 5.49. The molecule has 0 radical (unpaired) electrons. The van der Waals surface area contributed by atoms with Crippen LogP contribution in [0.4, 0.5) is 5.69 Å². The van der Waals surface area contributed by atoms with E-state index in [1.54, 1.807) is 18.2 Å². The molecule has 0 unspecified atom stereocenters. The molecule has 26 heavy (non-hydrogen) atoms. The number of anilines is 1. The number of hydrogen-bond acceptors (Lipinski definition) is 4. The predicted molar refractivity (Wildman–Crippen MR) is 103 cm³/mol. The van der Waals surface area contributed by atoms with Crippen LogP contribution in [-0.4, -0.2) is 40.3 Å². The van der Waals surface area contributed by atoms with Crippen LogP contribution in [0.5, 0.6) is 5.75 Å². The quantitative estimate of drug-likeness (QED) is 0.767. The molecule has 1 N–H and O–H groups in total. The van der Waals surface area contributed by atoms with Crippen molar-refractivity contribution in [2.45, 2.75) is 13.8 Å². The normalized spacial score (nSPS) is 11.0. The standard InChI is InChI=1S/C19H24N2O4S/c1-15-8-7-11-18(16(15)2)21(26(3,23)24)13-12-20-19(22)14-25-17-9-5-4-6-10-17/h4-11H,12-14H2,1-3H3,(H,20,22). The second kappa shape index (κ2) is 8.71. The zero-order valence-corrected chi connectivity index (χ0v) is 16.0. The molecular formula is C19H24N2O4S. The third-order valence-corrected chi connectivity index (χ3v) is 5.18. The molecule has 0 saturated carbocycles. The van der Waals surface area contributed by atoms with Gasteiger partial charge in [0, 0.05) is 6.54 Å². The number of hydrogen-bond donors (Lipinski definition) is 1. The van der Waals surface area contributed by atoms with E-state index in [4.69, 9.17) is 4.74 Å². The van der Waals surface area contributed by atoms with Crippen LogP contribution in [0.2, 0.25) is 0 Å². The van der Waals surface area contributed by atoms with Crippen molar-refractivity contribution in [3.63, 3.8) is 0 Å². The largest absolute Gasteiger partial charge is 0.484 e. The van der Waals surface area contributed by atoms with Crippen molar-refractivity contribution in [3.8, 4) is 5.75 Å². The monoisotopic (exact) mass is 376 g/mol. The molecule has 0 spiro atoms. The van der Waals surface area contributed by atoms with Gasteiger partial charge in [-0.1, -0.05) is 30.3 Å². The Morgan fingerprint density at radius 3 is 2.42 bits per heavy atom. The number of amides is 1. The van der Waals surface area contributed by atoms with Crippen LogP contribution in [0.3, 0.4) is 0 Å². The fourth-order valence-corrected chi connectivity index (χ4v) is 3.46. The van der Waals surface area contributed by atoms with E-state index in [1.165, 1.54) is 4.31 Å². The second-order valence-electron chi connectivity index (χ2n) is 6.01. The molecule has 2 aromatic rings. The van der Waals surface area contributed by atoms with Crippen LogP contribution in [-0.2, 0) is 14.8 Å². The van der Waals surface area contributed by atoms with Crippen molar-refractivity contribution in [2.24, 2.45) is 0 Å². The lowest BCUT2D eigenvalue weighted by molar-refractivity contribution is -0.123. The molecule has 7 heteroatoms. The van der Waals surface area contributed by atoms with Gasteiger partial charge in [0.2, 0.25) is 10.0 Å². The molecule has 0 saturated heterocycles. The van der Waals surface area contributed by atoms with Crippen LogP contribution in [0.25, 0.3) is 0 Å². The molecule has 1 amide bonds. The highest BCUT2D eigenvalue weighted by atomic mass is 32.2. The van der Waals surface area contributed by atoms with Gasteiger partial charge in [-0.3, -0.25) is 9.10 Å². The maximum Gasteiger partial charge on any atom is 0.258 e. The van der Waals surface area contributed by atoms with Crippen molar-refractivity contribution < 1.29 is 17.9 Å². The van der Waals surface area contributed by atoms with E-state index >= 15 is 0 Å². The molecule has 140 valence electrons. The summed E-state index contributed by atoms with van der Waals surface area (Å²) in [5.74, 6) is 0.305. The molecule has 0 aliphatic carbocycles. The van der Waals surface area contributed by atoms with Crippen LogP contribution < -0.4 is 14.4 Å². The van der Waals surface area contributed by atoms with Gasteiger partial charge in [-0.05, 0) is 43.2 Å². The summed E-state index contributed by atoms with van der Waals surface area (Å²) < 4.78 is 31.0. The average molecular weight is 376 g/mol. The highest BCUT2D eigenvalue weighted by molar-refractivity contribution is 7.92. The number of ether oxygens (including phenoxy) is 1. The number of benzene rings is 2. The van der Waals surface area contributed by atoms with E-state index in [0.29, 0.717) is 11.4 Å². The van der Waals surface area contributed by atoms with Gasteiger partial charge in [0.25, 0.3) is 5.91 Å². The Kier molecular flexibility index (Phi) is 6.63. The summed E-state index contributed by atoms with van der Waals surface area (Å²) in [5, 5.41) is 2.69. The number of carbonyl (C=O) groups excluding carboxylic acids is 1. The van der Waals surface area contributed by atoms with Gasteiger partial charge in [0.1, 0.15) is 5.75 Å². The zero-order valence-electron chi connectivity index (χ0n) is 15.2. The summed E-state index contributed by atoms with van der Waals surface area (Å²) in [7, 11) is -3.46. The van der Waals surface area contributed by atoms with Crippen molar-refractivity contribution >= 4 is 21.6 Å². The number of aryl methyl sites for hydroxylation is 1. The molecule has 0 bridgehead atoms. The lowest BCUT2D eigenvalue weighted by Crippen LogP contribution is -2.39. The van der Waals surface area contributed by atoms with Crippen molar-refractivity contribution in [2.75, 3.05) is 30.3 Å². The first-order chi connectivity index (χ1) is 12.3. The van der Waals surface area contributed by atoms with Gasteiger partial charge in [-0.15, -0.1) is 0 Å². The maximum atomic E-state index is 12.2. The van der Waals surface area contributed by atoms with Crippen molar-refractivity contribution in [1.29, 1.82) is 0 Å². The molecule has 0 atom stereocenters. The lowest BCUT2D eigenvalue weighted by atomic mass is 10.1. The molecule has 0 heterocycles. The van der Waals surface area contributed by atoms with Crippen molar-refractivity contribution in [1.82, 2.24) is 5.32 Å². The Balaban J connectivity index is 1.94. The summed E-state index contributed by atoms with van der Waals surface area (Å²) in [6.45, 7) is 4.04. The minimum absolute atomic E-state index is 0.119. The summed E-state index contributed by atoms with van der Waals surface area (Å²) in [4.78, 5) is 11.9. The van der Waals surface area contributed by atoms with E-state index in [2.05, 4.69) is 5.32 Å². The van der Waals surface area contributed by atoms with Crippen LogP contribution in [0.1, 0.15) is 11.1 Å². The van der Waals surface area contributed by atoms with E-state index in [-0.39, 0.29) is 25.6 Å². The Morgan fingerprint density at radius 2 is 1.77 bits per heavy atom. The minimum atomic E-state index is -3.46. The third-order valence-electron chi connectivity index (χ3n) is 4.00. The number of carbonyl (C=O) groups is 1. The van der Waals surface area contributed by atoms with E-state index in [0.717, 1.165) is 17.4 Å². The average Bonchev–Trinajstić information content (AvgIpc) is 2.60. The fraction of sp³-hybridized carbons (Fsp3) is 0.316. The van der Waals surface area contributed by atoms with E-state index in [9.17, 15) is 13.2 Å². The van der Waals surface area contributed by atoms with Crippen LogP contribution in [0.15, 0.2) is 48.5 Å². The smallest absolute Gasteiger partial charge is 0.258 e. The minimum Gasteiger partial charge on any atom is -0.484 e. The summed E-state index contributed by atoms with van der Waals surface area (Å²) in [6.07, 6.45) is 1.16. The SMILES string of the molecule is Cc1cccc(N(CCNC(=O)COc2ccccc2)S(C)(=O)=O)c1C. The maximum absolute atomic E-state index is 12.2. The first kappa shape index (κ1) is 19.8. The molecule has 0 fully saturated rings. The highest BCUT2D eigenvalue weighted by Gasteiger charge is 2.19. The predicted octanol–water partition coefficient (Wildman–Crippen LogP) is 2.26. The van der Waals surface area contributed by atoms with Crippen molar-refractivity contribution in [3.05, 3.63) is 59.7 Å². The number of rotatable bonds is 8. The second-order valence-corrected chi connectivity index (χ2v) is 7.91. The first-order valence-electron chi connectivity index (χ1n) is 8.27. The molecule has 2 rings (SSSR count). The number of sulfonamides is 1. The van der Waals surface area contributed by atoms with Gasteiger partial charge in [-0.2, -0.15) is 0 Å². The molecule has 6 nitrogen and oxygen atoms in total. The Hall–Kier alpha value is -2.54. The van der Waals surface area contributed by atoms with E-state index < -0.39 is 10.0 Å². The van der Waals surface area contributed by atoms with Crippen LogP contribution >= 0.6 is 0 Å². The number of nitrogens with zero attached hydrogens (tertiary/aromatic N) is 1. The molecular weight excluding hydrogens is 352 g/mol. The Morgan fingerprint density at radius 1 is 1.08 bits per heavy atom. The lowest BCUT2D eigenvalue weighted by Gasteiger charge is -2.25. The number of nitrogens with one attached hydrogen (secondary N) is 1. The fourth-order valence-electron chi connectivity index (χ4n) is 2.48. The number of para-hydroxylation sites is 1. The Bertz CT molecular complexity index is 851. The van der Waals surface area contributed by atoms with Gasteiger partial charge in [0.15, 0.2) is 6.61 Å². The summed E-state index contributed by atoms with van der Waals surface area (Å²) in [5.41, 5.74) is 2.54. The van der Waals surface area contributed by atoms with Gasteiger partial charge in [-0.25, -0.2) is 8.42 Å². The van der Waals surface area contributed by atoms with Gasteiger partial charge < -0.3 is 10.1 Å². The van der Waals surface area contributed by atoms with Gasteiger partial charge >= 0.3 is 0 Å². The van der Waals surface area contributed by atoms with E-state index in [1.807, 2.05) is 44.2 Å². The molecule has 0 aromatic heterocycles. The molecule has 0 aliphatic rings. The summed E-state index contributed by atoms with van der Waals surface area (Å²) >= 11 is 0. The zero-order chi connectivity index (χ0) is 19.2. The topological polar surface area (TPSA) is 75.7 Å². The first-order valence-corrected chi connectivity index (χ1v) is 10.1.